The molecule has 0 saturated carbocycles. The highest BCUT2D eigenvalue weighted by atomic mass is 16.5. The maximum atomic E-state index is 13.1. The second-order valence-electron chi connectivity index (χ2n) is 25.5. The van der Waals surface area contributed by atoms with Gasteiger partial charge >= 0.3 is 0 Å². The third-order valence-electron chi connectivity index (χ3n) is 18.6. The van der Waals surface area contributed by atoms with Gasteiger partial charge in [0.25, 0.3) is 17.7 Å². The van der Waals surface area contributed by atoms with Gasteiger partial charge in [-0.2, -0.15) is 0 Å². The molecule has 0 aromatic heterocycles. The van der Waals surface area contributed by atoms with E-state index >= 15 is 0 Å². The molecule has 6 fully saturated rings. The fourth-order valence-corrected chi connectivity index (χ4v) is 13.1. The zero-order valence-electron chi connectivity index (χ0n) is 64.8. The van der Waals surface area contributed by atoms with Gasteiger partial charge in [0.05, 0.1) is 51.8 Å². The number of hydrogen-bond donors (Lipinski definition) is 3. The molecule has 0 aliphatic carbocycles. The quantitative estimate of drug-likeness (QED) is 0.0774. The molecule has 15 rings (SSSR count). The largest absolute Gasteiger partial charge is 0.489 e. The first-order valence-electron chi connectivity index (χ1n) is 38.3. The molecule has 7 unspecified atom stereocenters. The molecule has 0 bridgehead atoms. The van der Waals surface area contributed by atoms with Crippen LogP contribution in [0, 0.1) is 0 Å². The van der Waals surface area contributed by atoms with E-state index in [1.165, 1.54) is 49.9 Å². The molecule has 24 nitrogen and oxygen atoms in total. The maximum absolute atomic E-state index is 13.1. The molecule has 0 radical (unpaired) electrons. The van der Waals surface area contributed by atoms with Crippen molar-refractivity contribution in [3.05, 3.63) is 231 Å². The summed E-state index contributed by atoms with van der Waals surface area (Å²) >= 11 is 0. The second-order valence-corrected chi connectivity index (χ2v) is 25.5. The number of nitrogens with one attached hydrogen (secondary N) is 3. The van der Waals surface area contributed by atoms with Crippen LogP contribution in [0.2, 0.25) is 0 Å². The summed E-state index contributed by atoms with van der Waals surface area (Å²) in [5.74, 6) is -1.22. The summed E-state index contributed by atoms with van der Waals surface area (Å²) in [7, 11) is 0. The molecule has 6 saturated heterocycles. The normalized spacial score (nSPS) is 22.9. The highest BCUT2D eigenvalue weighted by molar-refractivity contribution is 6.04. The standard InChI is InChI=1S/3C26H27N3O5/c3*1-17-5-10-22(25(31)27-17)29-14-21-20(26(29)32)3-2-4-23(21)34-15-19-8-6-18(7-9-19)13-28-11-12-33-16-24(28)30/h3*2-4,6-9,22H,1,5,10-16H2,(H,27,31)/i8D,13D,15D;8D,9D,15D;6D,7D,15D. The van der Waals surface area contributed by atoms with Crippen LogP contribution in [0.3, 0.4) is 0 Å². The second kappa shape index (κ2) is 31.3. The molecule has 528 valence electrons. The van der Waals surface area contributed by atoms with Crippen molar-refractivity contribution < 1.29 is 83.9 Å². The Hall–Kier alpha value is -11.0. The lowest BCUT2D eigenvalue weighted by Gasteiger charge is -2.31. The minimum atomic E-state index is -1.38. The van der Waals surface area contributed by atoms with E-state index in [1.807, 2.05) is 0 Å². The molecule has 9 aliphatic heterocycles. The number of benzene rings is 6. The average molecular weight is 1390 g/mol. The number of carbonyl (C=O) groups excluding carboxylic acids is 9. The Bertz CT molecular complexity index is 4770. The van der Waals surface area contributed by atoms with Crippen molar-refractivity contribution in [2.45, 2.75) is 116 Å². The molecule has 9 amide bonds. The summed E-state index contributed by atoms with van der Waals surface area (Å²) in [5.41, 5.74) is 7.09. The Labute approximate surface area is 603 Å². The Kier molecular flexibility index (Phi) is 18.0. The van der Waals surface area contributed by atoms with E-state index in [4.69, 9.17) is 40.8 Å². The van der Waals surface area contributed by atoms with E-state index in [2.05, 4.69) is 35.7 Å². The minimum absolute atomic E-state index is 0.0105. The molecule has 6 aromatic carbocycles. The molecule has 7 atom stereocenters. The molecule has 9 heterocycles. The van der Waals surface area contributed by atoms with Crippen LogP contribution >= 0.6 is 0 Å². The van der Waals surface area contributed by atoms with Gasteiger partial charge < -0.3 is 73.8 Å². The summed E-state index contributed by atoms with van der Waals surface area (Å²) in [6, 6.07) is 23.9. The Morgan fingerprint density at radius 2 is 0.755 bits per heavy atom. The van der Waals surface area contributed by atoms with Crippen LogP contribution in [-0.4, -0.2) is 160 Å². The third-order valence-corrected chi connectivity index (χ3v) is 18.6. The highest BCUT2D eigenvalue weighted by Gasteiger charge is 2.43. The van der Waals surface area contributed by atoms with E-state index in [0.717, 1.165) is 0 Å². The van der Waals surface area contributed by atoms with Crippen molar-refractivity contribution in [2.75, 3.05) is 59.3 Å². The smallest absolute Gasteiger partial charge is 0.255 e. The number of allylic oxidation sites excluding steroid dienone is 3. The number of piperidine rings is 3. The van der Waals surface area contributed by atoms with E-state index in [0.29, 0.717) is 168 Å². The average Bonchev–Trinajstić information content (AvgIpc) is 1.63. The number of amides is 9. The maximum Gasteiger partial charge on any atom is 0.255 e. The van der Waals surface area contributed by atoms with Crippen LogP contribution < -0.4 is 30.2 Å². The predicted molar refractivity (Wildman–Crippen MR) is 371 cm³/mol. The summed E-state index contributed by atoms with van der Waals surface area (Å²) < 4.78 is 109. The van der Waals surface area contributed by atoms with Gasteiger partial charge in [-0.25, -0.2) is 0 Å². The SMILES string of the molecule is [2H]c1cc(C([2H])N2CCOCC2=O)ccc1C([2H])Oc1cccc2c1CN(C1CCC(=C)NC1=O)C2=O.[2H]c1cc(C([2H])Oc2cccc3c2CN(C2CCC(=C)NC2=O)C3=O)cc([2H])c1CN1CCOCC1=O.[2H]c1cc(CN2CCOCC2=O)cc([2H])c1C([2H])Oc1cccc2c1CN(C1CCC(=C)NC1=O)C2=O. The first-order chi connectivity index (χ1) is 53.2. The highest BCUT2D eigenvalue weighted by Crippen LogP contribution is 2.38. The third kappa shape index (κ3) is 15.9. The zero-order valence-corrected chi connectivity index (χ0v) is 55.8. The lowest BCUT2D eigenvalue weighted by Crippen LogP contribution is -2.49. The van der Waals surface area contributed by atoms with Gasteiger partial charge in [0.15, 0.2) is 0 Å². The Morgan fingerprint density at radius 3 is 1.16 bits per heavy atom. The number of morpholine rings is 3. The first-order valence-corrected chi connectivity index (χ1v) is 33.5. The Morgan fingerprint density at radius 1 is 0.412 bits per heavy atom. The number of ether oxygens (including phenoxy) is 6. The minimum Gasteiger partial charge on any atom is -0.489 e. The fourth-order valence-electron chi connectivity index (χ4n) is 13.1. The molecular formula is C78H81N9O15. The molecule has 9 aliphatic rings. The topological polar surface area (TPSA) is 265 Å². The van der Waals surface area contributed by atoms with E-state index < -0.39 is 44.4 Å². The van der Waals surface area contributed by atoms with E-state index in [1.54, 1.807) is 76.5 Å². The Balaban J connectivity index is 0.000000146. The van der Waals surface area contributed by atoms with Crippen molar-refractivity contribution in [1.29, 1.82) is 0 Å². The monoisotopic (exact) mass is 1390 g/mol. The van der Waals surface area contributed by atoms with Crippen LogP contribution in [0.25, 0.3) is 0 Å². The van der Waals surface area contributed by atoms with Crippen molar-refractivity contribution in [3.8, 4) is 17.2 Å². The van der Waals surface area contributed by atoms with Crippen molar-refractivity contribution in [2.24, 2.45) is 0 Å². The van der Waals surface area contributed by atoms with Crippen LogP contribution in [-0.2, 0) is 102 Å². The van der Waals surface area contributed by atoms with Gasteiger partial charge in [0.1, 0.15) is 74.9 Å². The predicted octanol–water partition coefficient (Wildman–Crippen LogP) is 7.12. The molecular weight excluding hydrogens is 1300 g/mol. The summed E-state index contributed by atoms with van der Waals surface area (Å²) in [4.78, 5) is 122. The number of nitrogens with zero attached hydrogens (tertiary/aromatic N) is 6. The van der Waals surface area contributed by atoms with Gasteiger partial charge in [-0.15, -0.1) is 0 Å². The summed E-state index contributed by atoms with van der Waals surface area (Å²) in [6.07, 6.45) is 3.23. The lowest BCUT2D eigenvalue weighted by atomic mass is 10.0. The van der Waals surface area contributed by atoms with E-state index in [9.17, 15) is 43.2 Å². The molecule has 102 heavy (non-hydrogen) atoms. The number of carbonyl (C=O) groups is 9. The number of rotatable bonds is 18. The van der Waals surface area contributed by atoms with Crippen LogP contribution in [0.15, 0.2) is 164 Å². The molecule has 0 spiro atoms. The fraction of sp³-hybridized carbons (Fsp3) is 0.346. The van der Waals surface area contributed by atoms with Crippen LogP contribution in [0.4, 0.5) is 0 Å². The summed E-state index contributed by atoms with van der Waals surface area (Å²) in [6.45, 7) is 9.72. The van der Waals surface area contributed by atoms with Gasteiger partial charge in [-0.05, 0) is 108 Å². The van der Waals surface area contributed by atoms with E-state index in [-0.39, 0.29) is 147 Å². The van der Waals surface area contributed by atoms with Gasteiger partial charge in [0, 0.05) is 89.7 Å². The zero-order chi connectivity index (χ0) is 78.8. The summed E-state index contributed by atoms with van der Waals surface area (Å²) in [5, 5.41) is 8.14. The lowest BCUT2D eigenvalue weighted by molar-refractivity contribution is -0.144. The van der Waals surface area contributed by atoms with Gasteiger partial charge in [0.2, 0.25) is 35.4 Å². The molecule has 24 heteroatoms. The molecule has 6 aromatic rings. The number of hydrogen-bond acceptors (Lipinski definition) is 15. The van der Waals surface area contributed by atoms with Crippen molar-refractivity contribution in [1.82, 2.24) is 45.3 Å². The van der Waals surface area contributed by atoms with Crippen molar-refractivity contribution in [3.63, 3.8) is 0 Å². The van der Waals surface area contributed by atoms with Gasteiger partial charge in [-0.3, -0.25) is 43.2 Å². The van der Waals surface area contributed by atoms with Crippen LogP contribution in [0.5, 0.6) is 17.2 Å². The first kappa shape index (κ1) is 58.8. The van der Waals surface area contributed by atoms with Gasteiger partial charge in [-0.1, -0.05) is 111 Å². The van der Waals surface area contributed by atoms with Crippen LogP contribution in [0.1, 0.15) is 132 Å². The molecule has 3 N–H and O–H groups in total. The van der Waals surface area contributed by atoms with Crippen molar-refractivity contribution >= 4 is 53.2 Å². The number of fused-ring (bicyclic) bond motifs is 3.